The Labute approximate surface area is 117 Å². The van der Waals surface area contributed by atoms with Gasteiger partial charge in [0.25, 0.3) is 0 Å². The largest absolute Gasteiger partial charge is 0.308 e. The molecule has 1 aromatic carbocycles. The highest BCUT2D eigenvalue weighted by Crippen LogP contribution is 2.19. The first kappa shape index (κ1) is 13.4. The topological polar surface area (TPSA) is 29.9 Å². The van der Waals surface area contributed by atoms with Gasteiger partial charge in [-0.1, -0.05) is 23.2 Å². The van der Waals surface area contributed by atoms with Gasteiger partial charge in [-0.3, -0.25) is 4.68 Å². The average Bonchev–Trinajstić information content (AvgIpc) is 2.56. The molecule has 5 heteroatoms. The van der Waals surface area contributed by atoms with E-state index in [2.05, 4.69) is 10.4 Å². The van der Waals surface area contributed by atoms with Gasteiger partial charge in [0.05, 0.1) is 5.69 Å². The SMILES string of the molecule is Cc1nn(C)cc1CNCc1cc(Cl)cc(Cl)c1. The Morgan fingerprint density at radius 3 is 2.39 bits per heavy atom. The first-order valence-electron chi connectivity index (χ1n) is 5.69. The lowest BCUT2D eigenvalue weighted by atomic mass is 10.2. The van der Waals surface area contributed by atoms with E-state index in [-0.39, 0.29) is 0 Å². The fourth-order valence-corrected chi connectivity index (χ4v) is 2.45. The van der Waals surface area contributed by atoms with Crippen molar-refractivity contribution >= 4 is 23.2 Å². The Morgan fingerprint density at radius 2 is 1.83 bits per heavy atom. The summed E-state index contributed by atoms with van der Waals surface area (Å²) in [6.45, 7) is 3.52. The van der Waals surface area contributed by atoms with E-state index in [1.165, 1.54) is 5.56 Å². The average molecular weight is 284 g/mol. The Bertz CT molecular complexity index is 529. The highest BCUT2D eigenvalue weighted by atomic mass is 35.5. The minimum Gasteiger partial charge on any atom is -0.308 e. The van der Waals surface area contributed by atoms with Gasteiger partial charge < -0.3 is 5.32 Å². The minimum absolute atomic E-state index is 0.664. The zero-order valence-electron chi connectivity index (χ0n) is 10.4. The van der Waals surface area contributed by atoms with Crippen molar-refractivity contribution in [1.82, 2.24) is 15.1 Å². The first-order chi connectivity index (χ1) is 8.54. The van der Waals surface area contributed by atoms with Gasteiger partial charge in [0.15, 0.2) is 0 Å². The highest BCUT2D eigenvalue weighted by Gasteiger charge is 2.03. The monoisotopic (exact) mass is 283 g/mol. The summed E-state index contributed by atoms with van der Waals surface area (Å²) in [6.07, 6.45) is 2.02. The van der Waals surface area contributed by atoms with Gasteiger partial charge in [-0.25, -0.2) is 0 Å². The van der Waals surface area contributed by atoms with Gasteiger partial charge in [-0.15, -0.1) is 0 Å². The number of nitrogens with one attached hydrogen (secondary N) is 1. The Balaban J connectivity index is 1.94. The Morgan fingerprint density at radius 1 is 1.17 bits per heavy atom. The summed E-state index contributed by atoms with van der Waals surface area (Å²) < 4.78 is 1.82. The summed E-state index contributed by atoms with van der Waals surface area (Å²) in [6, 6.07) is 5.56. The molecular formula is C13H15Cl2N3. The molecular weight excluding hydrogens is 269 g/mol. The third-order valence-electron chi connectivity index (χ3n) is 2.68. The van der Waals surface area contributed by atoms with Crippen LogP contribution < -0.4 is 5.32 Å². The van der Waals surface area contributed by atoms with Crippen molar-refractivity contribution in [3.63, 3.8) is 0 Å². The lowest BCUT2D eigenvalue weighted by Gasteiger charge is -2.05. The molecule has 0 radical (unpaired) electrons. The fraction of sp³-hybridized carbons (Fsp3) is 0.308. The standard InChI is InChI=1S/C13H15Cl2N3/c1-9-11(8-18(2)17-9)7-16-6-10-3-12(14)5-13(15)4-10/h3-5,8,16H,6-7H2,1-2H3. The molecule has 0 amide bonds. The summed E-state index contributed by atoms with van der Waals surface area (Å²) in [5.74, 6) is 0. The number of aryl methyl sites for hydroxylation is 2. The highest BCUT2D eigenvalue weighted by molar-refractivity contribution is 6.34. The molecule has 0 fully saturated rings. The van der Waals surface area contributed by atoms with E-state index in [9.17, 15) is 0 Å². The van der Waals surface area contributed by atoms with E-state index in [1.54, 1.807) is 6.07 Å². The molecule has 2 aromatic rings. The molecule has 0 spiro atoms. The van der Waals surface area contributed by atoms with Gasteiger partial charge in [0.1, 0.15) is 0 Å². The molecule has 96 valence electrons. The van der Waals surface area contributed by atoms with E-state index in [0.29, 0.717) is 10.0 Å². The van der Waals surface area contributed by atoms with Crippen LogP contribution in [-0.2, 0) is 20.1 Å². The predicted molar refractivity (Wildman–Crippen MR) is 75.0 cm³/mol. The third kappa shape index (κ3) is 3.48. The second-order valence-electron chi connectivity index (χ2n) is 4.29. The molecule has 0 aliphatic carbocycles. The van der Waals surface area contributed by atoms with Crippen LogP contribution >= 0.6 is 23.2 Å². The van der Waals surface area contributed by atoms with Crippen molar-refractivity contribution in [2.24, 2.45) is 7.05 Å². The summed E-state index contributed by atoms with van der Waals surface area (Å²) in [4.78, 5) is 0. The smallest absolute Gasteiger partial charge is 0.0638 e. The Kier molecular flexibility index (Phi) is 4.27. The zero-order valence-corrected chi connectivity index (χ0v) is 11.9. The normalized spacial score (nSPS) is 10.9. The van der Waals surface area contributed by atoms with E-state index >= 15 is 0 Å². The zero-order chi connectivity index (χ0) is 13.1. The molecule has 3 nitrogen and oxygen atoms in total. The number of nitrogens with zero attached hydrogens (tertiary/aromatic N) is 2. The van der Waals surface area contributed by atoms with E-state index in [0.717, 1.165) is 24.3 Å². The molecule has 0 atom stereocenters. The molecule has 0 saturated carbocycles. The predicted octanol–water partition coefficient (Wildman–Crippen LogP) is 3.33. The molecule has 1 aromatic heterocycles. The molecule has 0 bridgehead atoms. The van der Waals surface area contributed by atoms with Gasteiger partial charge in [0.2, 0.25) is 0 Å². The van der Waals surface area contributed by atoms with E-state index in [4.69, 9.17) is 23.2 Å². The quantitative estimate of drug-likeness (QED) is 0.933. The lowest BCUT2D eigenvalue weighted by molar-refractivity contribution is 0.690. The van der Waals surface area contributed by atoms with Gasteiger partial charge in [-0.2, -0.15) is 5.10 Å². The Hall–Kier alpha value is -1.03. The molecule has 0 aliphatic rings. The van der Waals surface area contributed by atoms with Crippen molar-refractivity contribution in [3.8, 4) is 0 Å². The third-order valence-corrected chi connectivity index (χ3v) is 3.12. The summed E-state index contributed by atoms with van der Waals surface area (Å²) in [5, 5.41) is 8.98. The number of rotatable bonds is 4. The van der Waals surface area contributed by atoms with Crippen molar-refractivity contribution in [3.05, 3.63) is 51.3 Å². The van der Waals surface area contributed by atoms with Crippen LogP contribution in [0.2, 0.25) is 10.0 Å². The van der Waals surface area contributed by atoms with Crippen molar-refractivity contribution in [2.45, 2.75) is 20.0 Å². The van der Waals surface area contributed by atoms with Gasteiger partial charge >= 0.3 is 0 Å². The second kappa shape index (κ2) is 5.74. The van der Waals surface area contributed by atoms with E-state index < -0.39 is 0 Å². The van der Waals surface area contributed by atoms with Crippen LogP contribution in [-0.4, -0.2) is 9.78 Å². The van der Waals surface area contributed by atoms with Crippen molar-refractivity contribution < 1.29 is 0 Å². The molecule has 0 saturated heterocycles. The first-order valence-corrected chi connectivity index (χ1v) is 6.45. The molecule has 0 unspecified atom stereocenters. The van der Waals surface area contributed by atoms with Crippen LogP contribution in [0, 0.1) is 6.92 Å². The van der Waals surface area contributed by atoms with E-state index in [1.807, 2.05) is 37.0 Å². The van der Waals surface area contributed by atoms with Gasteiger partial charge in [0, 0.05) is 41.9 Å². The maximum Gasteiger partial charge on any atom is 0.0638 e. The number of benzene rings is 1. The lowest BCUT2D eigenvalue weighted by Crippen LogP contribution is -2.12. The summed E-state index contributed by atoms with van der Waals surface area (Å²) in [7, 11) is 1.92. The van der Waals surface area contributed by atoms with Crippen molar-refractivity contribution in [1.29, 1.82) is 0 Å². The molecule has 1 N–H and O–H groups in total. The molecule has 0 aliphatic heterocycles. The van der Waals surface area contributed by atoms with Crippen LogP contribution in [0.25, 0.3) is 0 Å². The second-order valence-corrected chi connectivity index (χ2v) is 5.17. The van der Waals surface area contributed by atoms with Crippen molar-refractivity contribution in [2.75, 3.05) is 0 Å². The maximum absolute atomic E-state index is 5.95. The molecule has 1 heterocycles. The van der Waals surface area contributed by atoms with Crippen LogP contribution in [0.5, 0.6) is 0 Å². The summed E-state index contributed by atoms with van der Waals surface area (Å²) >= 11 is 11.9. The fourth-order valence-electron chi connectivity index (χ4n) is 1.88. The number of halogens is 2. The summed E-state index contributed by atoms with van der Waals surface area (Å²) in [5.41, 5.74) is 3.33. The van der Waals surface area contributed by atoms with Crippen LogP contribution in [0.4, 0.5) is 0 Å². The van der Waals surface area contributed by atoms with Crippen LogP contribution in [0.15, 0.2) is 24.4 Å². The van der Waals surface area contributed by atoms with Gasteiger partial charge in [-0.05, 0) is 30.7 Å². The van der Waals surface area contributed by atoms with Crippen LogP contribution in [0.1, 0.15) is 16.8 Å². The number of hydrogen-bond acceptors (Lipinski definition) is 2. The molecule has 2 rings (SSSR count). The number of aromatic nitrogens is 2. The minimum atomic E-state index is 0.664. The maximum atomic E-state index is 5.95. The van der Waals surface area contributed by atoms with Crippen LogP contribution in [0.3, 0.4) is 0 Å². The molecule has 18 heavy (non-hydrogen) atoms. The number of hydrogen-bond donors (Lipinski definition) is 1.